The number of carbonyl (C=O) groups excluding carboxylic acids is 2. The number of hydrogen-bond donors (Lipinski definition) is 2. The van der Waals surface area contributed by atoms with Crippen LogP contribution in [0.3, 0.4) is 0 Å². The van der Waals surface area contributed by atoms with Crippen LogP contribution in [0.25, 0.3) is 5.76 Å². The Labute approximate surface area is 168 Å². The second kappa shape index (κ2) is 8.36. The van der Waals surface area contributed by atoms with Gasteiger partial charge in [0.2, 0.25) is 0 Å². The molecule has 0 radical (unpaired) electrons. The van der Waals surface area contributed by atoms with Gasteiger partial charge in [0.05, 0.1) is 32.4 Å². The third kappa shape index (κ3) is 3.69. The van der Waals surface area contributed by atoms with Crippen molar-refractivity contribution in [2.24, 2.45) is 0 Å². The molecule has 2 aromatic carbocycles. The van der Waals surface area contributed by atoms with Gasteiger partial charge in [-0.15, -0.1) is 0 Å². The Balaban J connectivity index is 2.26. The lowest BCUT2D eigenvalue weighted by Gasteiger charge is -2.26. The van der Waals surface area contributed by atoms with Crippen molar-refractivity contribution in [2.75, 3.05) is 27.4 Å². The van der Waals surface area contributed by atoms with Gasteiger partial charge in [0, 0.05) is 17.7 Å². The number of Topliss-reactive ketones (excluding diaryl/α,β-unsaturated/α-hetero) is 1. The van der Waals surface area contributed by atoms with Crippen molar-refractivity contribution in [1.82, 2.24) is 4.90 Å². The molecular formula is C22H23NO6. The molecule has 2 N–H and O–H groups in total. The molecule has 1 aliphatic heterocycles. The summed E-state index contributed by atoms with van der Waals surface area (Å²) < 4.78 is 10.7. The number of methoxy groups -OCH3 is 2. The van der Waals surface area contributed by atoms with Crippen LogP contribution in [0, 0.1) is 6.92 Å². The highest BCUT2D eigenvalue weighted by Crippen LogP contribution is 2.43. The number of aliphatic hydroxyl groups is 2. The molecule has 1 aliphatic rings. The normalized spacial score (nSPS) is 18.2. The number of ketones is 1. The topological polar surface area (TPSA) is 96.3 Å². The first-order chi connectivity index (χ1) is 13.9. The van der Waals surface area contributed by atoms with Crippen LogP contribution < -0.4 is 9.47 Å². The molecular weight excluding hydrogens is 374 g/mol. The van der Waals surface area contributed by atoms with Gasteiger partial charge >= 0.3 is 0 Å². The molecule has 1 amide bonds. The van der Waals surface area contributed by atoms with E-state index in [1.54, 1.807) is 42.5 Å². The van der Waals surface area contributed by atoms with Crippen molar-refractivity contribution in [2.45, 2.75) is 13.0 Å². The minimum absolute atomic E-state index is 0.0566. The lowest BCUT2D eigenvalue weighted by molar-refractivity contribution is -0.140. The maximum absolute atomic E-state index is 12.8. The third-order valence-electron chi connectivity index (χ3n) is 4.94. The highest BCUT2D eigenvalue weighted by molar-refractivity contribution is 6.46. The van der Waals surface area contributed by atoms with Gasteiger partial charge in [-0.2, -0.15) is 0 Å². The van der Waals surface area contributed by atoms with Crippen LogP contribution in [-0.2, 0) is 9.59 Å². The Hall–Kier alpha value is -3.32. The monoisotopic (exact) mass is 397 g/mol. The zero-order valence-electron chi connectivity index (χ0n) is 16.5. The molecule has 3 rings (SSSR count). The van der Waals surface area contributed by atoms with Crippen molar-refractivity contribution >= 4 is 17.4 Å². The molecule has 0 saturated carbocycles. The smallest absolute Gasteiger partial charge is 0.295 e. The number of ether oxygens (including phenoxy) is 2. The summed E-state index contributed by atoms with van der Waals surface area (Å²) in [5.41, 5.74) is 1.84. The standard InChI is InChI=1S/C22H23NO6/c1-13-4-6-14(7-5-13)20(25)18-19(23(10-11-24)22(27)21(18)26)16-12-15(28-2)8-9-17(16)29-3/h4-9,12,19,24-25H,10-11H2,1-3H3/b20-18-. The maximum atomic E-state index is 12.8. The minimum atomic E-state index is -0.923. The van der Waals surface area contributed by atoms with Crippen molar-refractivity contribution < 1.29 is 29.3 Å². The Morgan fingerprint density at radius 2 is 1.76 bits per heavy atom. The molecule has 1 atom stereocenters. The van der Waals surface area contributed by atoms with Crippen molar-refractivity contribution in [3.05, 3.63) is 64.7 Å². The van der Waals surface area contributed by atoms with E-state index >= 15 is 0 Å². The largest absolute Gasteiger partial charge is 0.507 e. The van der Waals surface area contributed by atoms with Gasteiger partial charge in [-0.25, -0.2) is 0 Å². The molecule has 2 aromatic rings. The van der Waals surface area contributed by atoms with Crippen LogP contribution in [0.4, 0.5) is 0 Å². The number of carbonyl (C=O) groups is 2. The van der Waals surface area contributed by atoms with Crippen LogP contribution >= 0.6 is 0 Å². The summed E-state index contributed by atoms with van der Waals surface area (Å²) in [5.74, 6) is -0.950. The van der Waals surface area contributed by atoms with E-state index in [1.807, 2.05) is 6.92 Å². The molecule has 152 valence electrons. The molecule has 0 aliphatic carbocycles. The highest BCUT2D eigenvalue weighted by atomic mass is 16.5. The highest BCUT2D eigenvalue weighted by Gasteiger charge is 2.47. The van der Waals surface area contributed by atoms with Crippen LogP contribution in [0.15, 0.2) is 48.0 Å². The average Bonchev–Trinajstić information content (AvgIpc) is 2.98. The number of benzene rings is 2. The number of nitrogens with zero attached hydrogens (tertiary/aromatic N) is 1. The first kappa shape index (κ1) is 20.4. The van der Waals surface area contributed by atoms with Crippen LogP contribution in [-0.4, -0.2) is 54.2 Å². The summed E-state index contributed by atoms with van der Waals surface area (Å²) in [6.07, 6.45) is 0. The summed E-state index contributed by atoms with van der Waals surface area (Å²) in [5, 5.41) is 20.4. The van der Waals surface area contributed by atoms with Crippen molar-refractivity contribution in [3.63, 3.8) is 0 Å². The van der Waals surface area contributed by atoms with Gasteiger partial charge in [0.25, 0.3) is 11.7 Å². The van der Waals surface area contributed by atoms with E-state index in [-0.39, 0.29) is 24.5 Å². The molecule has 0 spiro atoms. The summed E-state index contributed by atoms with van der Waals surface area (Å²) in [7, 11) is 2.98. The Bertz CT molecular complexity index is 964. The van der Waals surface area contributed by atoms with E-state index in [0.29, 0.717) is 22.6 Å². The number of likely N-dealkylation sites (tertiary alicyclic amines) is 1. The van der Waals surface area contributed by atoms with E-state index in [9.17, 15) is 19.8 Å². The predicted molar refractivity (Wildman–Crippen MR) is 107 cm³/mol. The van der Waals surface area contributed by atoms with Crippen LogP contribution in [0.2, 0.25) is 0 Å². The molecule has 29 heavy (non-hydrogen) atoms. The minimum Gasteiger partial charge on any atom is -0.507 e. The van der Waals surface area contributed by atoms with Crippen molar-refractivity contribution in [3.8, 4) is 11.5 Å². The first-order valence-corrected chi connectivity index (χ1v) is 9.11. The number of aliphatic hydroxyl groups excluding tert-OH is 2. The third-order valence-corrected chi connectivity index (χ3v) is 4.94. The Morgan fingerprint density at radius 1 is 1.07 bits per heavy atom. The van der Waals surface area contributed by atoms with Gasteiger partial charge in [-0.1, -0.05) is 29.8 Å². The quantitative estimate of drug-likeness (QED) is 0.442. The number of β-amino-alcohol motifs (C(OH)–C–C–N with tert-alkyl or cyclic N) is 1. The molecule has 1 unspecified atom stereocenters. The molecule has 1 fully saturated rings. The molecule has 7 nitrogen and oxygen atoms in total. The maximum Gasteiger partial charge on any atom is 0.295 e. The second-order valence-corrected chi connectivity index (χ2v) is 6.69. The molecule has 7 heteroatoms. The summed E-state index contributed by atoms with van der Waals surface area (Å²) >= 11 is 0. The average molecular weight is 397 g/mol. The lowest BCUT2D eigenvalue weighted by atomic mass is 9.94. The zero-order chi connectivity index (χ0) is 21.1. The van der Waals surface area contributed by atoms with E-state index in [0.717, 1.165) is 5.56 Å². The lowest BCUT2D eigenvalue weighted by Crippen LogP contribution is -2.32. The summed E-state index contributed by atoms with van der Waals surface area (Å²) in [6.45, 7) is 1.51. The van der Waals surface area contributed by atoms with Gasteiger partial charge in [-0.05, 0) is 25.1 Å². The predicted octanol–water partition coefficient (Wildman–Crippen LogP) is 2.43. The zero-order valence-corrected chi connectivity index (χ0v) is 16.5. The number of hydrogen-bond acceptors (Lipinski definition) is 6. The van der Waals surface area contributed by atoms with Crippen LogP contribution in [0.1, 0.15) is 22.7 Å². The fraction of sp³-hybridized carbons (Fsp3) is 0.273. The van der Waals surface area contributed by atoms with E-state index < -0.39 is 17.7 Å². The van der Waals surface area contributed by atoms with Crippen LogP contribution in [0.5, 0.6) is 11.5 Å². The van der Waals surface area contributed by atoms with Crippen molar-refractivity contribution in [1.29, 1.82) is 0 Å². The molecule has 1 heterocycles. The van der Waals surface area contributed by atoms with E-state index in [2.05, 4.69) is 0 Å². The first-order valence-electron chi connectivity index (χ1n) is 9.11. The number of rotatable bonds is 6. The Kier molecular flexibility index (Phi) is 5.89. The van der Waals surface area contributed by atoms with Gasteiger partial charge in [-0.3, -0.25) is 9.59 Å². The van der Waals surface area contributed by atoms with Gasteiger partial charge in [0.1, 0.15) is 17.3 Å². The molecule has 1 saturated heterocycles. The molecule has 0 aromatic heterocycles. The van der Waals surface area contributed by atoms with E-state index in [4.69, 9.17) is 9.47 Å². The SMILES string of the molecule is COc1ccc(OC)c(C2/C(=C(/O)c3ccc(C)cc3)C(=O)C(=O)N2CCO)c1. The van der Waals surface area contributed by atoms with Gasteiger partial charge < -0.3 is 24.6 Å². The number of amides is 1. The second-order valence-electron chi connectivity index (χ2n) is 6.69. The number of aryl methyl sites for hydroxylation is 1. The fourth-order valence-corrected chi connectivity index (χ4v) is 3.46. The summed E-state index contributed by atoms with van der Waals surface area (Å²) in [6, 6.07) is 11.1. The molecule has 0 bridgehead atoms. The Morgan fingerprint density at radius 3 is 2.34 bits per heavy atom. The van der Waals surface area contributed by atoms with E-state index in [1.165, 1.54) is 19.1 Å². The fourth-order valence-electron chi connectivity index (χ4n) is 3.46. The van der Waals surface area contributed by atoms with Gasteiger partial charge in [0.15, 0.2) is 0 Å². The summed E-state index contributed by atoms with van der Waals surface area (Å²) in [4.78, 5) is 26.8.